The van der Waals surface area contributed by atoms with Crippen LogP contribution in [0.4, 0.5) is 5.69 Å². The van der Waals surface area contributed by atoms with E-state index in [0.29, 0.717) is 16.1 Å². The van der Waals surface area contributed by atoms with Crippen molar-refractivity contribution in [2.24, 2.45) is 0 Å². The summed E-state index contributed by atoms with van der Waals surface area (Å²) in [4.78, 5) is 9.00. The highest BCUT2D eigenvalue weighted by Gasteiger charge is 2.21. The van der Waals surface area contributed by atoms with Gasteiger partial charge in [-0.1, -0.05) is 48.0 Å². The number of aryl methyl sites for hydroxylation is 1. The molecule has 2 N–H and O–H groups in total. The van der Waals surface area contributed by atoms with Gasteiger partial charge in [-0.15, -0.1) is 0 Å². The van der Waals surface area contributed by atoms with Gasteiger partial charge in [-0.25, -0.2) is 4.98 Å². The Morgan fingerprint density at radius 2 is 1.74 bits per heavy atom. The first kappa shape index (κ1) is 17.3. The Kier molecular flexibility index (Phi) is 4.65. The Balaban J connectivity index is 1.87. The number of fused-ring (bicyclic) bond motifs is 1. The first-order valence-corrected chi connectivity index (χ1v) is 9.02. The average molecular weight is 376 g/mol. The molecule has 5 heteroatoms. The lowest BCUT2D eigenvalue weighted by Crippen LogP contribution is -2.14. The molecule has 0 spiro atoms. The summed E-state index contributed by atoms with van der Waals surface area (Å²) in [5.41, 5.74) is 3.67. The van der Waals surface area contributed by atoms with Crippen LogP contribution in [0.2, 0.25) is 5.02 Å². The van der Waals surface area contributed by atoms with Gasteiger partial charge in [0.25, 0.3) is 0 Å². The number of rotatable bonds is 4. The standard InChI is InChI=1S/C22H18ClN3O/c1-14-9-10-15-11-12-16(22(27)20(15)25-14)21(19-8-4-5-13-24-19)26-18-7-3-2-6-17(18)23/h2-13,21,26-27H,1H3. The second-order valence-corrected chi connectivity index (χ2v) is 6.75. The SMILES string of the molecule is Cc1ccc2ccc(C(Nc3ccccc3Cl)c3ccccn3)c(O)c2n1. The number of aromatic hydroxyl groups is 1. The van der Waals surface area contributed by atoms with Gasteiger partial charge in [-0.3, -0.25) is 4.98 Å². The van der Waals surface area contributed by atoms with Crippen LogP contribution in [0.25, 0.3) is 10.9 Å². The van der Waals surface area contributed by atoms with E-state index in [4.69, 9.17) is 11.6 Å². The molecule has 0 aliphatic heterocycles. The van der Waals surface area contributed by atoms with E-state index in [0.717, 1.165) is 22.5 Å². The van der Waals surface area contributed by atoms with Crippen molar-refractivity contribution in [2.45, 2.75) is 13.0 Å². The van der Waals surface area contributed by atoms with Crippen molar-refractivity contribution in [1.29, 1.82) is 0 Å². The van der Waals surface area contributed by atoms with Gasteiger partial charge >= 0.3 is 0 Å². The fraction of sp³-hybridized carbons (Fsp3) is 0.0909. The van der Waals surface area contributed by atoms with E-state index in [-0.39, 0.29) is 11.8 Å². The Hall–Kier alpha value is -3.11. The lowest BCUT2D eigenvalue weighted by atomic mass is 9.99. The van der Waals surface area contributed by atoms with Gasteiger partial charge in [-0.05, 0) is 37.3 Å². The number of para-hydroxylation sites is 1. The fourth-order valence-corrected chi connectivity index (χ4v) is 3.30. The molecule has 0 aliphatic carbocycles. The first-order chi connectivity index (χ1) is 13.1. The largest absolute Gasteiger partial charge is 0.505 e. The molecule has 4 nitrogen and oxygen atoms in total. The van der Waals surface area contributed by atoms with Gasteiger partial charge in [0.05, 0.1) is 22.4 Å². The molecule has 0 bridgehead atoms. The number of aromatic nitrogens is 2. The van der Waals surface area contributed by atoms with Crippen molar-refractivity contribution in [1.82, 2.24) is 9.97 Å². The molecule has 0 aliphatic rings. The molecule has 4 rings (SSSR count). The molecule has 0 radical (unpaired) electrons. The van der Waals surface area contributed by atoms with Gasteiger partial charge in [0.15, 0.2) is 0 Å². The van der Waals surface area contributed by atoms with Crippen LogP contribution in [0.1, 0.15) is 23.0 Å². The van der Waals surface area contributed by atoms with Crippen LogP contribution in [-0.4, -0.2) is 15.1 Å². The quantitative estimate of drug-likeness (QED) is 0.494. The lowest BCUT2D eigenvalue weighted by molar-refractivity contribution is 0.471. The van der Waals surface area contributed by atoms with Crippen molar-refractivity contribution in [3.63, 3.8) is 0 Å². The molecule has 4 aromatic rings. The summed E-state index contributed by atoms with van der Waals surface area (Å²) < 4.78 is 0. The third kappa shape index (κ3) is 3.44. The number of halogens is 1. The second-order valence-electron chi connectivity index (χ2n) is 6.34. The van der Waals surface area contributed by atoms with Crippen molar-refractivity contribution in [3.05, 3.63) is 94.9 Å². The van der Waals surface area contributed by atoms with Gasteiger partial charge in [0.1, 0.15) is 11.3 Å². The Morgan fingerprint density at radius 3 is 2.52 bits per heavy atom. The minimum atomic E-state index is -0.377. The second kappa shape index (κ2) is 7.25. The molecule has 2 aromatic carbocycles. The number of benzene rings is 2. The average Bonchev–Trinajstić information content (AvgIpc) is 2.69. The molecule has 1 atom stereocenters. The fourth-order valence-electron chi connectivity index (χ4n) is 3.11. The first-order valence-electron chi connectivity index (χ1n) is 8.65. The number of phenols is 1. The topological polar surface area (TPSA) is 58.0 Å². The van der Waals surface area contributed by atoms with E-state index >= 15 is 0 Å². The summed E-state index contributed by atoms with van der Waals surface area (Å²) in [6, 6.07) is 20.6. The number of anilines is 1. The summed E-state index contributed by atoms with van der Waals surface area (Å²) in [6.45, 7) is 1.91. The molecule has 0 fully saturated rings. The highest BCUT2D eigenvalue weighted by Crippen LogP contribution is 2.37. The van der Waals surface area contributed by atoms with Gasteiger partial charge in [0.2, 0.25) is 0 Å². The van der Waals surface area contributed by atoms with Crippen molar-refractivity contribution in [3.8, 4) is 5.75 Å². The predicted molar refractivity (Wildman–Crippen MR) is 109 cm³/mol. The number of hydrogen-bond donors (Lipinski definition) is 2. The molecule has 2 aromatic heterocycles. The summed E-state index contributed by atoms with van der Waals surface area (Å²) >= 11 is 6.34. The maximum Gasteiger partial charge on any atom is 0.147 e. The number of phenolic OH excluding ortho intramolecular Hbond substituents is 1. The van der Waals surface area contributed by atoms with Crippen molar-refractivity contribution in [2.75, 3.05) is 5.32 Å². The molecule has 1 unspecified atom stereocenters. The lowest BCUT2D eigenvalue weighted by Gasteiger charge is -2.22. The third-order valence-corrected chi connectivity index (χ3v) is 4.80. The van der Waals surface area contributed by atoms with Crippen LogP contribution >= 0.6 is 11.6 Å². The van der Waals surface area contributed by atoms with Gasteiger partial charge in [-0.2, -0.15) is 0 Å². The zero-order chi connectivity index (χ0) is 18.8. The van der Waals surface area contributed by atoms with E-state index in [1.807, 2.05) is 73.7 Å². The van der Waals surface area contributed by atoms with Crippen LogP contribution < -0.4 is 5.32 Å². The van der Waals surface area contributed by atoms with E-state index in [9.17, 15) is 5.11 Å². The van der Waals surface area contributed by atoms with Gasteiger partial charge < -0.3 is 10.4 Å². The molecular weight excluding hydrogens is 358 g/mol. The molecule has 134 valence electrons. The monoisotopic (exact) mass is 375 g/mol. The number of nitrogens with one attached hydrogen (secondary N) is 1. The van der Waals surface area contributed by atoms with E-state index < -0.39 is 0 Å². The normalized spacial score (nSPS) is 12.1. The molecule has 0 saturated heterocycles. The summed E-state index contributed by atoms with van der Waals surface area (Å²) in [5.74, 6) is 0.145. The summed E-state index contributed by atoms with van der Waals surface area (Å²) in [7, 11) is 0. The highest BCUT2D eigenvalue weighted by molar-refractivity contribution is 6.33. The van der Waals surface area contributed by atoms with Crippen LogP contribution in [0.3, 0.4) is 0 Å². The third-order valence-electron chi connectivity index (χ3n) is 4.47. The molecular formula is C22H18ClN3O. The Labute approximate surface area is 162 Å². The number of hydrogen-bond acceptors (Lipinski definition) is 4. The zero-order valence-corrected chi connectivity index (χ0v) is 15.5. The molecule has 2 heterocycles. The van der Waals surface area contributed by atoms with Crippen LogP contribution in [0, 0.1) is 6.92 Å². The molecule has 0 amide bonds. The van der Waals surface area contributed by atoms with Crippen LogP contribution in [0.5, 0.6) is 5.75 Å². The van der Waals surface area contributed by atoms with Crippen LogP contribution in [0.15, 0.2) is 72.9 Å². The summed E-state index contributed by atoms with van der Waals surface area (Å²) in [6.07, 6.45) is 1.73. The maximum absolute atomic E-state index is 11.0. The molecule has 27 heavy (non-hydrogen) atoms. The maximum atomic E-state index is 11.0. The Bertz CT molecular complexity index is 1100. The number of pyridine rings is 2. The summed E-state index contributed by atoms with van der Waals surface area (Å²) in [5, 5.41) is 15.9. The minimum absolute atomic E-state index is 0.145. The van der Waals surface area contributed by atoms with Crippen molar-refractivity contribution < 1.29 is 5.11 Å². The minimum Gasteiger partial charge on any atom is -0.505 e. The number of nitrogens with zero attached hydrogens (tertiary/aromatic N) is 2. The molecule has 0 saturated carbocycles. The van der Waals surface area contributed by atoms with E-state index in [2.05, 4.69) is 15.3 Å². The van der Waals surface area contributed by atoms with Gasteiger partial charge in [0, 0.05) is 22.8 Å². The highest BCUT2D eigenvalue weighted by atomic mass is 35.5. The van der Waals surface area contributed by atoms with E-state index in [1.165, 1.54) is 0 Å². The predicted octanol–water partition coefficient (Wildman–Crippen LogP) is 5.50. The van der Waals surface area contributed by atoms with Crippen molar-refractivity contribution >= 4 is 28.2 Å². The Morgan fingerprint density at radius 1 is 0.963 bits per heavy atom. The van der Waals surface area contributed by atoms with Crippen LogP contribution in [-0.2, 0) is 0 Å². The zero-order valence-electron chi connectivity index (χ0n) is 14.7. The van der Waals surface area contributed by atoms with E-state index in [1.54, 1.807) is 6.20 Å². The smallest absolute Gasteiger partial charge is 0.147 e.